The van der Waals surface area contributed by atoms with Gasteiger partial charge in [0.15, 0.2) is 16.5 Å². The van der Waals surface area contributed by atoms with Gasteiger partial charge in [-0.1, -0.05) is 108 Å². The Hall–Kier alpha value is -5.97. The number of nitro groups is 1. The number of non-ortho nitro benzene ring substituents is 1. The van der Waals surface area contributed by atoms with Crippen LogP contribution in [-0.2, 0) is 29.5 Å². The zero-order chi connectivity index (χ0) is 41.0. The van der Waals surface area contributed by atoms with Gasteiger partial charge in [0.1, 0.15) is 30.0 Å². The number of fused-ring (bicyclic) bond motifs is 1. The van der Waals surface area contributed by atoms with Crippen molar-refractivity contribution >= 4 is 69.2 Å². The van der Waals surface area contributed by atoms with Crippen LogP contribution >= 0.6 is 34.9 Å². The first-order chi connectivity index (χ1) is 27.9. The number of nitrogens with zero attached hydrogens (tertiary/aromatic N) is 4. The summed E-state index contributed by atoms with van der Waals surface area (Å²) in [5.74, 6) is -1.54. The minimum atomic E-state index is -0.983. The van der Waals surface area contributed by atoms with Gasteiger partial charge in [-0.25, -0.2) is 9.78 Å². The molecule has 7 rings (SSSR count). The van der Waals surface area contributed by atoms with E-state index in [1.165, 1.54) is 59.0 Å². The number of ether oxygens (including phenoxy) is 1. The molecule has 4 aromatic carbocycles. The highest BCUT2D eigenvalue weighted by molar-refractivity contribution is 8.22. The first-order valence-electron chi connectivity index (χ1n) is 18.1. The van der Waals surface area contributed by atoms with E-state index in [2.05, 4.69) is 52.2 Å². The second-order valence-corrected chi connectivity index (χ2v) is 17.4. The highest BCUT2D eigenvalue weighted by Gasteiger charge is 2.55. The Labute approximate surface area is 347 Å². The lowest BCUT2D eigenvalue weighted by molar-refractivity contribution is -0.384. The second kappa shape index (κ2) is 16.9. The standard InChI is InChI=1S/C42H38N6O7S3/c1-41(2,3)55-38(51)35-39(58-30-22-20-29(21-23-30)48(52)53)56-25-32-34(37(50)47(32)35)44-36(49)33(46-54-4)31-24-57-40(43-31)45-42(26-14-8-5-9-15-26,27-16-10-6-11-17-27)28-18-12-7-13-19-28/h5-24,32,34H,25H2,1-4H3,(H,43,45)(H,44,49). The molecule has 1 aromatic heterocycles. The van der Waals surface area contributed by atoms with Gasteiger partial charge in [-0.05, 0) is 49.6 Å². The fraction of sp³-hybridized carbons (Fsp3) is 0.214. The molecule has 1 fully saturated rings. The first-order valence-corrected chi connectivity index (χ1v) is 20.8. The molecule has 0 spiro atoms. The molecule has 0 radical (unpaired) electrons. The number of β-lactam (4-membered cyclic amide) rings is 1. The number of aromatic nitrogens is 1. The molecule has 2 atom stereocenters. The van der Waals surface area contributed by atoms with E-state index in [9.17, 15) is 24.5 Å². The lowest BCUT2D eigenvalue weighted by Crippen LogP contribution is -2.73. The van der Waals surface area contributed by atoms with Crippen molar-refractivity contribution in [2.75, 3.05) is 18.2 Å². The van der Waals surface area contributed by atoms with E-state index in [0.717, 1.165) is 16.7 Å². The fourth-order valence-corrected chi connectivity index (χ4v) is 9.92. The summed E-state index contributed by atoms with van der Waals surface area (Å²) in [7, 11) is 1.32. The van der Waals surface area contributed by atoms with Gasteiger partial charge in [-0.15, -0.1) is 23.1 Å². The molecule has 2 N–H and O–H groups in total. The van der Waals surface area contributed by atoms with E-state index >= 15 is 0 Å². The maximum atomic E-state index is 14.0. The number of hydrogen-bond acceptors (Lipinski definition) is 13. The molecule has 5 aromatic rings. The Balaban J connectivity index is 1.15. The predicted molar refractivity (Wildman–Crippen MR) is 225 cm³/mol. The number of nitrogens with one attached hydrogen (secondary N) is 2. The monoisotopic (exact) mass is 834 g/mol. The van der Waals surface area contributed by atoms with Crippen molar-refractivity contribution in [3.63, 3.8) is 0 Å². The summed E-state index contributed by atoms with van der Waals surface area (Å²) in [5, 5.41) is 24.0. The Morgan fingerprint density at radius 3 is 2.00 bits per heavy atom. The molecule has 2 aliphatic rings. The van der Waals surface area contributed by atoms with Crippen molar-refractivity contribution < 1.29 is 28.9 Å². The fourth-order valence-electron chi connectivity index (χ4n) is 6.69. The maximum absolute atomic E-state index is 14.0. The summed E-state index contributed by atoms with van der Waals surface area (Å²) in [6.45, 7) is 5.18. The summed E-state index contributed by atoms with van der Waals surface area (Å²) >= 11 is 3.83. The largest absolute Gasteiger partial charge is 0.455 e. The number of esters is 1. The highest BCUT2D eigenvalue weighted by atomic mass is 32.2. The smallest absolute Gasteiger partial charge is 0.357 e. The molecule has 296 valence electrons. The van der Waals surface area contributed by atoms with Crippen LogP contribution < -0.4 is 10.6 Å². The average Bonchev–Trinajstić information content (AvgIpc) is 3.69. The minimum Gasteiger partial charge on any atom is -0.455 e. The van der Waals surface area contributed by atoms with Crippen LogP contribution in [0.1, 0.15) is 43.2 Å². The summed E-state index contributed by atoms with van der Waals surface area (Å²) in [6, 6.07) is 34.4. The quantitative estimate of drug-likeness (QED) is 0.0301. The van der Waals surface area contributed by atoms with Crippen LogP contribution in [0.4, 0.5) is 10.8 Å². The number of thioether (sulfide) groups is 2. The molecule has 3 heterocycles. The van der Waals surface area contributed by atoms with E-state index in [-0.39, 0.29) is 22.8 Å². The van der Waals surface area contributed by atoms with Crippen LogP contribution in [0.3, 0.4) is 0 Å². The van der Waals surface area contributed by atoms with Gasteiger partial charge >= 0.3 is 5.97 Å². The highest BCUT2D eigenvalue weighted by Crippen LogP contribution is 2.47. The number of thiazole rings is 1. The van der Waals surface area contributed by atoms with E-state index < -0.39 is 45.9 Å². The van der Waals surface area contributed by atoms with Gasteiger partial charge < -0.3 is 20.2 Å². The van der Waals surface area contributed by atoms with Gasteiger partial charge in [-0.3, -0.25) is 24.6 Å². The third-order valence-electron chi connectivity index (χ3n) is 9.24. The summed E-state index contributed by atoms with van der Waals surface area (Å²) in [6.07, 6.45) is 0. The SMILES string of the molecule is CON=C(C(=O)NC1C(=O)N2C(C(=O)OC(C)(C)C)=C(Sc3ccc([N+](=O)[O-])cc3)SCC12)c1csc(NC(c2ccccc2)(c2ccccc2)c2ccccc2)n1. The number of carbonyl (C=O) groups is 3. The number of nitro benzene ring substituents is 1. The molecular weight excluding hydrogens is 797 g/mol. The van der Waals surface area contributed by atoms with Gasteiger partial charge in [0.05, 0.1) is 15.2 Å². The second-order valence-electron chi connectivity index (χ2n) is 14.2. The van der Waals surface area contributed by atoms with Crippen molar-refractivity contribution in [1.29, 1.82) is 0 Å². The predicted octanol–water partition coefficient (Wildman–Crippen LogP) is 7.55. The van der Waals surface area contributed by atoms with Crippen LogP contribution in [0.25, 0.3) is 0 Å². The van der Waals surface area contributed by atoms with Crippen LogP contribution in [0.15, 0.2) is 141 Å². The summed E-state index contributed by atoms with van der Waals surface area (Å²) in [5.41, 5.74) is 1.27. The number of anilines is 1. The summed E-state index contributed by atoms with van der Waals surface area (Å²) in [4.78, 5) is 64.2. The van der Waals surface area contributed by atoms with Gasteiger partial charge in [0.25, 0.3) is 17.5 Å². The van der Waals surface area contributed by atoms with Crippen LogP contribution in [-0.4, -0.2) is 68.8 Å². The van der Waals surface area contributed by atoms with E-state index in [4.69, 9.17) is 14.6 Å². The van der Waals surface area contributed by atoms with Crippen molar-refractivity contribution in [3.8, 4) is 0 Å². The minimum absolute atomic E-state index is 0.0507. The lowest BCUT2D eigenvalue weighted by atomic mass is 9.77. The molecular formula is C42H38N6O7S3. The maximum Gasteiger partial charge on any atom is 0.357 e. The molecule has 0 aliphatic carbocycles. The summed E-state index contributed by atoms with van der Waals surface area (Å²) < 4.78 is 6.22. The number of amides is 2. The van der Waals surface area contributed by atoms with Crippen molar-refractivity contribution in [2.24, 2.45) is 5.16 Å². The molecule has 0 saturated carbocycles. The third-order valence-corrected chi connectivity index (χ3v) is 12.4. The van der Waals surface area contributed by atoms with Gasteiger partial charge in [-0.2, -0.15) is 0 Å². The van der Waals surface area contributed by atoms with Crippen molar-refractivity contribution in [1.82, 2.24) is 15.2 Å². The third kappa shape index (κ3) is 8.21. The van der Waals surface area contributed by atoms with Gasteiger partial charge in [0, 0.05) is 28.2 Å². The number of carbonyl (C=O) groups excluding carboxylic acids is 3. The van der Waals surface area contributed by atoms with Crippen molar-refractivity contribution in [3.05, 3.63) is 163 Å². The number of oxime groups is 1. The molecule has 13 nitrogen and oxygen atoms in total. The topological polar surface area (TPSA) is 165 Å². The first kappa shape index (κ1) is 40.2. The Kier molecular flexibility index (Phi) is 11.7. The van der Waals surface area contributed by atoms with Crippen LogP contribution in [0, 0.1) is 10.1 Å². The Bertz CT molecular complexity index is 2290. The molecule has 16 heteroatoms. The van der Waals surface area contributed by atoms with E-state index in [1.807, 2.05) is 54.6 Å². The Morgan fingerprint density at radius 1 is 0.914 bits per heavy atom. The van der Waals surface area contributed by atoms with Crippen LogP contribution in [0.2, 0.25) is 0 Å². The molecule has 58 heavy (non-hydrogen) atoms. The van der Waals surface area contributed by atoms with Crippen molar-refractivity contribution in [2.45, 2.75) is 48.9 Å². The zero-order valence-electron chi connectivity index (χ0n) is 31.8. The van der Waals surface area contributed by atoms with Crippen LogP contribution in [0.5, 0.6) is 0 Å². The average molecular weight is 835 g/mol. The van der Waals surface area contributed by atoms with Gasteiger partial charge in [0.2, 0.25) is 0 Å². The number of rotatable bonds is 13. The lowest BCUT2D eigenvalue weighted by Gasteiger charge is -2.50. The number of hydrogen-bond donors (Lipinski definition) is 2. The Morgan fingerprint density at radius 2 is 1.48 bits per heavy atom. The molecule has 2 amide bonds. The molecule has 0 bridgehead atoms. The molecule has 2 aliphatic heterocycles. The van der Waals surface area contributed by atoms with E-state index in [1.54, 1.807) is 38.3 Å². The molecule has 1 saturated heterocycles. The normalized spacial score (nSPS) is 16.9. The van der Waals surface area contributed by atoms with E-state index in [0.29, 0.717) is 20.0 Å². The number of benzene rings is 4. The molecule has 2 unspecified atom stereocenters. The zero-order valence-corrected chi connectivity index (χ0v) is 34.2.